The van der Waals surface area contributed by atoms with Gasteiger partial charge in [0.1, 0.15) is 12.3 Å². The predicted octanol–water partition coefficient (Wildman–Crippen LogP) is 3.14. The third-order valence-electron chi connectivity index (χ3n) is 12.3. The van der Waals surface area contributed by atoms with Gasteiger partial charge >= 0.3 is 0 Å². The van der Waals surface area contributed by atoms with Crippen molar-refractivity contribution >= 4 is 24.5 Å². The van der Waals surface area contributed by atoms with Crippen molar-refractivity contribution in [2.45, 2.75) is 136 Å². The fourth-order valence-electron chi connectivity index (χ4n) is 9.73. The summed E-state index contributed by atoms with van der Waals surface area (Å²) in [5.41, 5.74) is 10.6. The van der Waals surface area contributed by atoms with Crippen LogP contribution in [0, 0.1) is 39.4 Å². The molecule has 7 N–H and O–H groups in total. The minimum absolute atomic E-state index is 0.0290. The molecule has 258 valence electrons. The van der Waals surface area contributed by atoms with Crippen LogP contribution in [0.3, 0.4) is 0 Å². The van der Waals surface area contributed by atoms with E-state index >= 15 is 0 Å². The Bertz CT molecular complexity index is 1030. The summed E-state index contributed by atoms with van der Waals surface area (Å²) in [6.45, 7) is 13.8. The summed E-state index contributed by atoms with van der Waals surface area (Å²) in [4.78, 5) is 48.9. The molecule has 3 spiro atoms. The number of rotatable bonds is 9. The number of likely N-dealkylation sites (N-methyl/N-ethyl adjacent to an activating group) is 1. The molecule has 5 rings (SSSR count). The van der Waals surface area contributed by atoms with Crippen LogP contribution in [-0.2, 0) is 19.2 Å². The highest BCUT2D eigenvalue weighted by Gasteiger charge is 2.88. The van der Waals surface area contributed by atoms with Crippen molar-refractivity contribution in [3.63, 3.8) is 0 Å². The van der Waals surface area contributed by atoms with E-state index in [1.54, 1.807) is 14.0 Å². The number of hydrogen-bond donors (Lipinski definition) is 5. The first-order valence-electron chi connectivity index (χ1n) is 17.4. The number of likely N-dealkylation sites (tertiary alicyclic amines) is 1. The van der Waals surface area contributed by atoms with Crippen molar-refractivity contribution in [1.82, 2.24) is 15.5 Å². The van der Waals surface area contributed by atoms with Gasteiger partial charge in [0.15, 0.2) is 0 Å². The molecule has 0 bridgehead atoms. The second-order valence-corrected chi connectivity index (χ2v) is 16.2. The van der Waals surface area contributed by atoms with Crippen molar-refractivity contribution in [3.8, 4) is 0 Å². The lowest BCUT2D eigenvalue weighted by Gasteiger charge is -2.56. The van der Waals surface area contributed by atoms with E-state index in [9.17, 15) is 19.5 Å². The van der Waals surface area contributed by atoms with Gasteiger partial charge in [-0.05, 0) is 92.9 Å². The standard InChI is InChI=1S/C30H50N4O4.C4H10.CH3NO/c1-19(36)23(11-20-7-5-8-20)33-26(38)24-13-29(18-34(24)25(37)14-32-4)27(2,3)30(29)16-28(17-30)10-6-9-21(12-28)22(31)15-35;1-4(2)3;2-1-3/h15,19-24,32,36H,5-14,16-18,31H2,1-4H3,(H,33,38);4H,1-3H3;1H,(H2,2,3). The Balaban J connectivity index is 0.000000719. The lowest BCUT2D eigenvalue weighted by molar-refractivity contribution is -0.138. The zero-order valence-corrected chi connectivity index (χ0v) is 29.1. The Morgan fingerprint density at radius 2 is 1.62 bits per heavy atom. The van der Waals surface area contributed by atoms with Crippen LogP contribution < -0.4 is 22.1 Å². The van der Waals surface area contributed by atoms with E-state index in [4.69, 9.17) is 10.5 Å². The molecule has 1 heterocycles. The van der Waals surface area contributed by atoms with E-state index in [0.717, 1.165) is 63.6 Å². The Morgan fingerprint density at radius 1 is 1.02 bits per heavy atom. The highest BCUT2D eigenvalue weighted by Crippen LogP contribution is 2.92. The minimum atomic E-state index is -0.622. The summed E-state index contributed by atoms with van der Waals surface area (Å²) in [5.74, 6) is 1.52. The van der Waals surface area contributed by atoms with E-state index < -0.39 is 12.1 Å². The van der Waals surface area contributed by atoms with Gasteiger partial charge in [-0.25, -0.2) is 0 Å². The molecule has 5 aliphatic rings. The number of nitrogens with two attached hydrogens (primary N) is 2. The third kappa shape index (κ3) is 7.28. The van der Waals surface area contributed by atoms with E-state index in [2.05, 4.69) is 51.0 Å². The number of nitrogens with one attached hydrogen (secondary N) is 2. The van der Waals surface area contributed by atoms with Gasteiger partial charge in [-0.3, -0.25) is 14.4 Å². The van der Waals surface area contributed by atoms with E-state index in [0.29, 0.717) is 18.9 Å². The smallest absolute Gasteiger partial charge is 0.243 e. The van der Waals surface area contributed by atoms with Crippen molar-refractivity contribution < 1.29 is 24.3 Å². The molecule has 1 aliphatic heterocycles. The third-order valence-corrected chi connectivity index (χ3v) is 12.3. The molecule has 1 saturated heterocycles. The van der Waals surface area contributed by atoms with Crippen LogP contribution in [0.15, 0.2) is 0 Å². The Morgan fingerprint density at radius 3 is 2.11 bits per heavy atom. The average molecular weight is 634 g/mol. The molecule has 10 nitrogen and oxygen atoms in total. The maximum Gasteiger partial charge on any atom is 0.243 e. The molecule has 45 heavy (non-hydrogen) atoms. The molecular weight excluding hydrogens is 570 g/mol. The second-order valence-electron chi connectivity index (χ2n) is 16.2. The number of nitrogens with zero attached hydrogens (tertiary/aromatic N) is 1. The van der Waals surface area contributed by atoms with Crippen molar-refractivity contribution in [3.05, 3.63) is 0 Å². The van der Waals surface area contributed by atoms with Crippen molar-refractivity contribution in [2.24, 2.45) is 50.9 Å². The first kappa shape index (κ1) is 37.4. The Labute approximate surface area is 271 Å². The number of fused-ring (bicyclic) bond motifs is 1. The zero-order valence-electron chi connectivity index (χ0n) is 29.1. The lowest BCUT2D eigenvalue weighted by atomic mass is 9.49. The Kier molecular flexibility index (Phi) is 12.3. The largest absolute Gasteiger partial charge is 0.391 e. The van der Waals surface area contributed by atoms with Gasteiger partial charge in [0.05, 0.1) is 24.7 Å². The van der Waals surface area contributed by atoms with Crippen molar-refractivity contribution in [2.75, 3.05) is 20.1 Å². The average Bonchev–Trinajstić information content (AvgIpc) is 3.19. The molecule has 5 fully saturated rings. The Hall–Kier alpha value is -2.04. The van der Waals surface area contributed by atoms with Crippen molar-refractivity contribution in [1.29, 1.82) is 0 Å². The molecule has 0 aromatic heterocycles. The summed E-state index contributed by atoms with van der Waals surface area (Å²) in [6, 6.07) is -1.16. The summed E-state index contributed by atoms with van der Waals surface area (Å²) in [6.07, 6.45) is 12.1. The number of aldehydes is 1. The first-order valence-corrected chi connectivity index (χ1v) is 17.4. The normalized spacial score (nSPS) is 32.6. The molecule has 0 aromatic carbocycles. The fraction of sp³-hybridized carbons (Fsp3) is 0.886. The van der Waals surface area contributed by atoms with Crippen LogP contribution in [0.2, 0.25) is 0 Å². The fourth-order valence-corrected chi connectivity index (χ4v) is 9.73. The lowest BCUT2D eigenvalue weighted by Crippen LogP contribution is -2.53. The van der Waals surface area contributed by atoms with Crippen LogP contribution >= 0.6 is 0 Å². The zero-order chi connectivity index (χ0) is 33.8. The number of primary amides is 1. The van der Waals surface area contributed by atoms with Gasteiger partial charge in [-0.2, -0.15) is 0 Å². The number of aliphatic hydroxyl groups excluding tert-OH is 1. The quantitative estimate of drug-likeness (QED) is 0.243. The molecule has 4 saturated carbocycles. The molecule has 4 aliphatic carbocycles. The van der Waals surface area contributed by atoms with Crippen LogP contribution in [0.1, 0.15) is 112 Å². The summed E-state index contributed by atoms with van der Waals surface area (Å²) < 4.78 is 0. The molecular formula is C35H63N5O5. The second kappa shape index (κ2) is 14.8. The minimum Gasteiger partial charge on any atom is -0.391 e. The van der Waals surface area contributed by atoms with Gasteiger partial charge in [-0.15, -0.1) is 0 Å². The maximum absolute atomic E-state index is 13.8. The van der Waals surface area contributed by atoms with Gasteiger partial charge in [0, 0.05) is 12.0 Å². The number of carbonyl (C=O) groups is 4. The SMILES string of the molecule is CC(C)C.CNCC(=O)N1CC2(CC1C(=O)NC(CC1CCC1)C(C)O)C(C)(C)C21CC2(CCCC(C(N)C=O)C2)C1.NC=O. The molecule has 10 heteroatoms. The van der Waals surface area contributed by atoms with E-state index in [1.807, 2.05) is 4.90 Å². The molecule has 3 amide bonds. The number of hydrogen-bond acceptors (Lipinski definition) is 7. The highest BCUT2D eigenvalue weighted by atomic mass is 16.3. The maximum atomic E-state index is 13.8. The van der Waals surface area contributed by atoms with Crippen LogP contribution in [0.25, 0.3) is 0 Å². The monoisotopic (exact) mass is 633 g/mol. The number of aliphatic hydroxyl groups is 1. The molecule has 6 unspecified atom stereocenters. The van der Waals surface area contributed by atoms with Gasteiger partial charge < -0.3 is 36.9 Å². The van der Waals surface area contributed by atoms with Gasteiger partial charge in [0.25, 0.3) is 0 Å². The summed E-state index contributed by atoms with van der Waals surface area (Å²) in [5, 5.41) is 16.6. The van der Waals surface area contributed by atoms with E-state index in [-0.39, 0.29) is 64.4 Å². The number of amides is 3. The molecule has 0 radical (unpaired) electrons. The van der Waals surface area contributed by atoms with Crippen LogP contribution in [0.4, 0.5) is 0 Å². The van der Waals surface area contributed by atoms with Gasteiger partial charge in [-0.1, -0.05) is 60.3 Å². The van der Waals surface area contributed by atoms with Crippen LogP contribution in [0.5, 0.6) is 0 Å². The van der Waals surface area contributed by atoms with Crippen LogP contribution in [-0.4, -0.2) is 78.9 Å². The topological polar surface area (TPSA) is 168 Å². The number of carbonyl (C=O) groups excluding carboxylic acids is 4. The predicted molar refractivity (Wildman–Crippen MR) is 177 cm³/mol. The molecule has 0 aromatic rings. The van der Waals surface area contributed by atoms with E-state index in [1.165, 1.54) is 12.8 Å². The summed E-state index contributed by atoms with van der Waals surface area (Å²) >= 11 is 0. The first-order chi connectivity index (χ1) is 21.1. The van der Waals surface area contributed by atoms with Gasteiger partial charge in [0.2, 0.25) is 18.2 Å². The molecule has 6 atom stereocenters. The summed E-state index contributed by atoms with van der Waals surface area (Å²) in [7, 11) is 1.77. The highest BCUT2D eigenvalue weighted by molar-refractivity contribution is 5.89.